The van der Waals surface area contributed by atoms with Crippen molar-refractivity contribution in [2.24, 2.45) is 0 Å². The largest absolute Gasteiger partial charge is 0.312 e. The molecule has 2 aromatic carbocycles. The molecule has 0 bridgehead atoms. The molecule has 3 nitrogen and oxygen atoms in total. The first-order valence-electron chi connectivity index (χ1n) is 5.22. The molecule has 0 radical (unpaired) electrons. The molecule has 0 fully saturated rings. The fourth-order valence-corrected chi connectivity index (χ4v) is 1.74. The summed E-state index contributed by atoms with van der Waals surface area (Å²) in [4.78, 5) is 9.42. The van der Waals surface area contributed by atoms with Gasteiger partial charge in [-0.05, 0) is 12.1 Å². The van der Waals surface area contributed by atoms with E-state index < -0.39 is 56.6 Å². The Hall–Kier alpha value is -2.58. The third-order valence-electron chi connectivity index (χ3n) is 2.65. The monoisotopic (exact) mass is 307 g/mol. The van der Waals surface area contributed by atoms with E-state index in [0.717, 1.165) is 6.07 Å². The maximum Gasteiger partial charge on any atom is 0.312 e. The van der Waals surface area contributed by atoms with E-state index in [2.05, 4.69) is 0 Å². The maximum absolute atomic E-state index is 13.6. The van der Waals surface area contributed by atoms with Crippen molar-refractivity contribution in [1.82, 2.24) is 0 Å². The zero-order chi connectivity index (χ0) is 15.9. The number of hydrogen-bond donors (Lipinski definition) is 0. The van der Waals surface area contributed by atoms with Gasteiger partial charge in [0.2, 0.25) is 11.6 Å². The van der Waals surface area contributed by atoms with E-state index in [1.54, 1.807) is 0 Å². The molecule has 21 heavy (non-hydrogen) atoms. The third-order valence-corrected chi connectivity index (χ3v) is 2.65. The second-order valence-electron chi connectivity index (χ2n) is 3.84. The summed E-state index contributed by atoms with van der Waals surface area (Å²) < 4.78 is 79.7. The van der Waals surface area contributed by atoms with Crippen molar-refractivity contribution in [3.05, 3.63) is 63.2 Å². The summed E-state index contributed by atoms with van der Waals surface area (Å²) in [5.74, 6) is -13.0. The highest BCUT2D eigenvalue weighted by molar-refractivity contribution is 5.75. The number of halogens is 6. The fraction of sp³-hybridized carbons (Fsp3) is 0. The average Bonchev–Trinajstić information content (AvgIpc) is 2.43. The third kappa shape index (κ3) is 2.20. The van der Waals surface area contributed by atoms with Crippen LogP contribution in [0.25, 0.3) is 11.1 Å². The van der Waals surface area contributed by atoms with Crippen LogP contribution in [0.4, 0.5) is 32.0 Å². The molecule has 110 valence electrons. The minimum atomic E-state index is -2.41. The molecule has 0 unspecified atom stereocenters. The first-order valence-corrected chi connectivity index (χ1v) is 5.22. The standard InChI is InChI=1S/C12H3F6NO2/c13-5-3-1-2-4(12(5)19(20)21)6-7(14)9(16)11(18)10(17)8(6)15/h1-3H. The highest BCUT2D eigenvalue weighted by atomic mass is 19.2. The predicted molar refractivity (Wildman–Crippen MR) is 58.3 cm³/mol. The molecule has 0 amide bonds. The lowest BCUT2D eigenvalue weighted by Crippen LogP contribution is -2.06. The summed E-state index contributed by atoms with van der Waals surface area (Å²) in [6.45, 7) is 0. The molecular formula is C12H3F6NO2. The smallest absolute Gasteiger partial charge is 0.258 e. The maximum atomic E-state index is 13.6. The fourth-order valence-electron chi connectivity index (χ4n) is 1.74. The number of para-hydroxylation sites is 1. The molecule has 0 saturated heterocycles. The minimum absolute atomic E-state index is 0.619. The van der Waals surface area contributed by atoms with Gasteiger partial charge in [0.25, 0.3) is 0 Å². The van der Waals surface area contributed by atoms with E-state index in [4.69, 9.17) is 0 Å². The average molecular weight is 307 g/mol. The van der Waals surface area contributed by atoms with Gasteiger partial charge >= 0.3 is 5.69 Å². The number of benzene rings is 2. The van der Waals surface area contributed by atoms with Gasteiger partial charge in [-0.15, -0.1) is 0 Å². The van der Waals surface area contributed by atoms with E-state index in [9.17, 15) is 36.5 Å². The molecule has 0 saturated carbocycles. The van der Waals surface area contributed by atoms with Crippen molar-refractivity contribution < 1.29 is 31.3 Å². The normalized spacial score (nSPS) is 10.8. The number of hydrogen-bond acceptors (Lipinski definition) is 2. The van der Waals surface area contributed by atoms with Gasteiger partial charge in [0.05, 0.1) is 16.1 Å². The molecule has 0 aromatic heterocycles. The molecule has 0 aliphatic heterocycles. The Kier molecular flexibility index (Phi) is 3.58. The van der Waals surface area contributed by atoms with Gasteiger partial charge in [-0.1, -0.05) is 6.07 Å². The Morgan fingerprint density at radius 3 is 1.76 bits per heavy atom. The van der Waals surface area contributed by atoms with Crippen LogP contribution in [0, 0.1) is 45.0 Å². The van der Waals surface area contributed by atoms with Crippen LogP contribution in [-0.2, 0) is 0 Å². The molecule has 0 heterocycles. The van der Waals surface area contributed by atoms with Crippen LogP contribution in [0.1, 0.15) is 0 Å². The number of nitro benzene ring substituents is 1. The van der Waals surface area contributed by atoms with Crippen molar-refractivity contribution in [3.8, 4) is 11.1 Å². The topological polar surface area (TPSA) is 43.1 Å². The van der Waals surface area contributed by atoms with Gasteiger partial charge in [-0.25, -0.2) is 22.0 Å². The Bertz CT molecular complexity index is 733. The number of nitro groups is 1. The van der Waals surface area contributed by atoms with Gasteiger partial charge < -0.3 is 0 Å². The summed E-state index contributed by atoms with van der Waals surface area (Å²) in [5.41, 5.74) is -3.99. The first kappa shape index (κ1) is 14.8. The second kappa shape index (κ2) is 5.08. The Labute approximate surface area is 112 Å². The molecular weight excluding hydrogens is 304 g/mol. The summed E-state index contributed by atoms with van der Waals surface area (Å²) in [7, 11) is 0. The van der Waals surface area contributed by atoms with Crippen LogP contribution in [0.3, 0.4) is 0 Å². The van der Waals surface area contributed by atoms with Gasteiger partial charge in [0, 0.05) is 0 Å². The SMILES string of the molecule is O=[N+]([O-])c1c(F)cccc1-c1c(F)c(F)c(F)c(F)c1F. The van der Waals surface area contributed by atoms with Crippen LogP contribution < -0.4 is 0 Å². The summed E-state index contributed by atoms with van der Waals surface area (Å²) in [6.07, 6.45) is 0. The summed E-state index contributed by atoms with van der Waals surface area (Å²) in [5, 5.41) is 10.7. The lowest BCUT2D eigenvalue weighted by molar-refractivity contribution is -0.386. The van der Waals surface area contributed by atoms with Crippen LogP contribution >= 0.6 is 0 Å². The highest BCUT2D eigenvalue weighted by Crippen LogP contribution is 2.37. The zero-order valence-corrected chi connectivity index (χ0v) is 9.76. The van der Waals surface area contributed by atoms with Gasteiger partial charge in [-0.3, -0.25) is 10.1 Å². The summed E-state index contributed by atoms with van der Waals surface area (Å²) in [6, 6.07) is 2.14. The Morgan fingerprint density at radius 2 is 1.29 bits per heavy atom. The van der Waals surface area contributed by atoms with Crippen LogP contribution in [-0.4, -0.2) is 4.92 Å². The second-order valence-corrected chi connectivity index (χ2v) is 3.84. The van der Waals surface area contributed by atoms with E-state index in [1.807, 2.05) is 0 Å². The molecule has 0 aliphatic carbocycles. The molecule has 2 aromatic rings. The Morgan fingerprint density at radius 1 is 0.810 bits per heavy atom. The molecule has 9 heteroatoms. The van der Waals surface area contributed by atoms with Crippen molar-refractivity contribution >= 4 is 5.69 Å². The minimum Gasteiger partial charge on any atom is -0.258 e. The van der Waals surface area contributed by atoms with Crippen LogP contribution in [0.2, 0.25) is 0 Å². The van der Waals surface area contributed by atoms with Crippen molar-refractivity contribution in [2.45, 2.75) is 0 Å². The van der Waals surface area contributed by atoms with E-state index in [-0.39, 0.29) is 0 Å². The van der Waals surface area contributed by atoms with Crippen molar-refractivity contribution in [3.63, 3.8) is 0 Å². The molecule has 0 aliphatic rings. The zero-order valence-electron chi connectivity index (χ0n) is 9.76. The highest BCUT2D eigenvalue weighted by Gasteiger charge is 2.31. The Balaban J connectivity index is 2.93. The van der Waals surface area contributed by atoms with Gasteiger partial charge in [0.15, 0.2) is 23.3 Å². The first-order chi connectivity index (χ1) is 9.77. The van der Waals surface area contributed by atoms with Gasteiger partial charge in [-0.2, -0.15) is 4.39 Å². The molecule has 0 atom stereocenters. The molecule has 2 rings (SSSR count). The van der Waals surface area contributed by atoms with Crippen LogP contribution in [0.5, 0.6) is 0 Å². The van der Waals surface area contributed by atoms with E-state index >= 15 is 0 Å². The van der Waals surface area contributed by atoms with E-state index in [0.29, 0.717) is 12.1 Å². The van der Waals surface area contributed by atoms with Crippen molar-refractivity contribution in [1.29, 1.82) is 0 Å². The number of rotatable bonds is 2. The van der Waals surface area contributed by atoms with Crippen LogP contribution in [0.15, 0.2) is 18.2 Å². The number of nitrogens with zero attached hydrogens (tertiary/aromatic N) is 1. The quantitative estimate of drug-likeness (QED) is 0.276. The van der Waals surface area contributed by atoms with Crippen molar-refractivity contribution in [2.75, 3.05) is 0 Å². The molecule has 0 spiro atoms. The summed E-state index contributed by atoms with van der Waals surface area (Å²) >= 11 is 0. The lowest BCUT2D eigenvalue weighted by atomic mass is 10.0. The van der Waals surface area contributed by atoms with Gasteiger partial charge in [0.1, 0.15) is 0 Å². The lowest BCUT2D eigenvalue weighted by Gasteiger charge is -2.09. The van der Waals surface area contributed by atoms with E-state index in [1.165, 1.54) is 0 Å². The molecule has 0 N–H and O–H groups in total. The predicted octanol–water partition coefficient (Wildman–Crippen LogP) is 4.10.